The average Bonchev–Trinajstić information content (AvgIpc) is 2.91. The molecule has 0 bridgehead atoms. The number of amides is 4. The second-order valence-corrected chi connectivity index (χ2v) is 7.75. The Morgan fingerprint density at radius 3 is 1.19 bits per heavy atom. The first-order valence-electron chi connectivity index (χ1n) is 11.0. The van der Waals surface area contributed by atoms with E-state index < -0.39 is 35.8 Å². The molecule has 0 spiro atoms. The minimum absolute atomic E-state index is 0.0463. The molecule has 3 aromatic rings. The molecule has 2 unspecified atom stereocenters. The summed E-state index contributed by atoms with van der Waals surface area (Å²) < 4.78 is 11.0. The molecular weight excluding hydrogens is 464 g/mol. The molecule has 0 aliphatic rings. The van der Waals surface area contributed by atoms with Gasteiger partial charge in [-0.05, 0) is 62.4 Å². The molecule has 0 radical (unpaired) electrons. The molecular formula is C26H26N4O6. The van der Waals surface area contributed by atoms with Crippen LogP contribution in [0.2, 0.25) is 0 Å². The monoisotopic (exact) mass is 490 g/mol. The van der Waals surface area contributed by atoms with Crippen LogP contribution in [0.4, 0.5) is 0 Å². The highest BCUT2D eigenvalue weighted by molar-refractivity contribution is 6.07. The Hall–Kier alpha value is -4.54. The van der Waals surface area contributed by atoms with Crippen molar-refractivity contribution >= 4 is 23.6 Å². The minimum atomic E-state index is -1.01. The van der Waals surface area contributed by atoms with Gasteiger partial charge in [0.05, 0.1) is 0 Å². The lowest BCUT2D eigenvalue weighted by molar-refractivity contribution is -0.136. The van der Waals surface area contributed by atoms with Gasteiger partial charge < -0.3 is 9.47 Å². The number of para-hydroxylation sites is 2. The number of hydrogen-bond donors (Lipinski definition) is 2. The van der Waals surface area contributed by atoms with Crippen LogP contribution < -0.4 is 21.2 Å². The summed E-state index contributed by atoms with van der Waals surface area (Å²) in [6.45, 7) is 2.94. The molecule has 186 valence electrons. The molecule has 0 aliphatic carbocycles. The molecule has 10 heteroatoms. The van der Waals surface area contributed by atoms with Crippen LogP contribution in [0, 0.1) is 0 Å². The predicted octanol–water partition coefficient (Wildman–Crippen LogP) is 2.31. The molecule has 10 nitrogen and oxygen atoms in total. The lowest BCUT2D eigenvalue weighted by atomic mass is 10.1. The zero-order chi connectivity index (χ0) is 26.2. The van der Waals surface area contributed by atoms with Crippen LogP contribution in [0.15, 0.2) is 84.9 Å². The Labute approximate surface area is 207 Å². The molecule has 0 aliphatic heterocycles. The third-order valence-electron chi connectivity index (χ3n) is 5.10. The van der Waals surface area contributed by atoms with Crippen LogP contribution >= 0.6 is 0 Å². The first-order chi connectivity index (χ1) is 17.2. The third kappa shape index (κ3) is 6.32. The number of nitrogens with two attached hydrogens (primary N) is 2. The summed E-state index contributed by atoms with van der Waals surface area (Å²) in [6, 6.07) is 22.4. The number of nitrogens with zero attached hydrogens (tertiary/aromatic N) is 2. The molecule has 2 atom stereocenters. The summed E-state index contributed by atoms with van der Waals surface area (Å²) >= 11 is 0. The summed E-state index contributed by atoms with van der Waals surface area (Å²) in [6.07, 6.45) is -2.03. The largest absolute Gasteiger partial charge is 0.481 e. The number of imide groups is 2. The normalized spacial score (nSPS) is 12.1. The van der Waals surface area contributed by atoms with Gasteiger partial charge in [0.15, 0.2) is 12.2 Å². The Bertz CT molecular complexity index is 1120. The van der Waals surface area contributed by atoms with Gasteiger partial charge in [-0.1, -0.05) is 36.4 Å². The number of benzene rings is 3. The van der Waals surface area contributed by atoms with E-state index in [-0.39, 0.29) is 11.1 Å². The summed E-state index contributed by atoms with van der Waals surface area (Å²) in [5, 5.41) is 0.900. The highest BCUT2D eigenvalue weighted by atomic mass is 16.5. The first-order valence-corrected chi connectivity index (χ1v) is 11.0. The second-order valence-electron chi connectivity index (χ2n) is 7.75. The second kappa shape index (κ2) is 11.7. The van der Waals surface area contributed by atoms with Gasteiger partial charge >= 0.3 is 0 Å². The van der Waals surface area contributed by atoms with Gasteiger partial charge in [0, 0.05) is 11.1 Å². The molecule has 0 saturated heterocycles. The molecule has 3 aromatic carbocycles. The van der Waals surface area contributed by atoms with E-state index in [0.717, 1.165) is 0 Å². The molecule has 0 fully saturated rings. The van der Waals surface area contributed by atoms with E-state index in [9.17, 15) is 19.2 Å². The van der Waals surface area contributed by atoms with Gasteiger partial charge in [0.2, 0.25) is 0 Å². The topological polar surface area (TPSA) is 145 Å². The Balaban J connectivity index is 1.61. The van der Waals surface area contributed by atoms with E-state index in [4.69, 9.17) is 21.2 Å². The average molecular weight is 491 g/mol. The standard InChI is InChI=1S/C26H26N4O6/c1-17(35-21-9-5-3-6-10-21)23(31)29(27)25(33)19-13-15-20(16-14-19)26(34)30(28)24(32)18(2)36-22-11-7-4-8-12-22/h3-18H,27-28H2,1-2H3. The Kier molecular flexibility index (Phi) is 8.50. The van der Waals surface area contributed by atoms with Crippen molar-refractivity contribution in [3.63, 3.8) is 0 Å². The summed E-state index contributed by atoms with van der Waals surface area (Å²) in [5.41, 5.74) is 0.0926. The summed E-state index contributed by atoms with van der Waals surface area (Å²) in [7, 11) is 0. The van der Waals surface area contributed by atoms with Crippen molar-refractivity contribution in [1.29, 1.82) is 0 Å². The number of ether oxygens (including phenoxy) is 2. The van der Waals surface area contributed by atoms with Gasteiger partial charge in [-0.25, -0.2) is 21.7 Å². The zero-order valence-electron chi connectivity index (χ0n) is 19.7. The van der Waals surface area contributed by atoms with Crippen LogP contribution in [-0.2, 0) is 9.59 Å². The van der Waals surface area contributed by atoms with E-state index in [2.05, 4.69) is 0 Å². The molecule has 0 saturated carbocycles. The van der Waals surface area contributed by atoms with Crippen LogP contribution in [-0.4, -0.2) is 45.9 Å². The number of carbonyl (C=O) groups is 4. The van der Waals surface area contributed by atoms with Crippen LogP contribution in [0.5, 0.6) is 11.5 Å². The third-order valence-corrected chi connectivity index (χ3v) is 5.10. The molecule has 36 heavy (non-hydrogen) atoms. The van der Waals surface area contributed by atoms with Crippen LogP contribution in [0.25, 0.3) is 0 Å². The van der Waals surface area contributed by atoms with Gasteiger partial charge in [-0.2, -0.15) is 0 Å². The number of hydrogen-bond acceptors (Lipinski definition) is 8. The van der Waals surface area contributed by atoms with E-state index in [1.807, 2.05) is 0 Å². The quantitative estimate of drug-likeness (QED) is 0.278. The van der Waals surface area contributed by atoms with E-state index >= 15 is 0 Å². The Morgan fingerprint density at radius 2 is 0.889 bits per heavy atom. The van der Waals surface area contributed by atoms with Crippen molar-refractivity contribution in [2.45, 2.75) is 26.1 Å². The zero-order valence-corrected chi connectivity index (χ0v) is 19.7. The molecule has 4 N–H and O–H groups in total. The first kappa shape index (κ1) is 26.1. The van der Waals surface area contributed by atoms with E-state index in [0.29, 0.717) is 21.5 Å². The van der Waals surface area contributed by atoms with E-state index in [1.165, 1.54) is 38.1 Å². The maximum Gasteiger partial charge on any atom is 0.284 e. The smallest absolute Gasteiger partial charge is 0.284 e. The lowest BCUT2D eigenvalue weighted by Crippen LogP contribution is -2.49. The van der Waals surface area contributed by atoms with E-state index in [1.54, 1.807) is 60.7 Å². The fourth-order valence-electron chi connectivity index (χ4n) is 3.13. The SMILES string of the molecule is CC(Oc1ccccc1)C(=O)N(N)C(=O)c1ccc(C(=O)N(N)C(=O)C(C)Oc2ccccc2)cc1. The van der Waals surface area contributed by atoms with Crippen LogP contribution in [0.1, 0.15) is 34.6 Å². The predicted molar refractivity (Wildman–Crippen MR) is 130 cm³/mol. The fourth-order valence-corrected chi connectivity index (χ4v) is 3.13. The molecule has 3 rings (SSSR count). The van der Waals surface area contributed by atoms with Crippen molar-refractivity contribution in [2.75, 3.05) is 0 Å². The lowest BCUT2D eigenvalue weighted by Gasteiger charge is -2.21. The van der Waals surface area contributed by atoms with Crippen molar-refractivity contribution < 1.29 is 28.7 Å². The molecule has 4 amide bonds. The fraction of sp³-hybridized carbons (Fsp3) is 0.154. The Morgan fingerprint density at radius 1 is 0.583 bits per heavy atom. The number of carbonyl (C=O) groups excluding carboxylic acids is 4. The molecule has 0 heterocycles. The highest BCUT2D eigenvalue weighted by Crippen LogP contribution is 2.15. The van der Waals surface area contributed by atoms with Gasteiger partial charge in [0.1, 0.15) is 11.5 Å². The highest BCUT2D eigenvalue weighted by Gasteiger charge is 2.28. The van der Waals surface area contributed by atoms with Gasteiger partial charge in [-0.15, -0.1) is 0 Å². The van der Waals surface area contributed by atoms with Crippen LogP contribution in [0.3, 0.4) is 0 Å². The number of hydrazine groups is 2. The van der Waals surface area contributed by atoms with Gasteiger partial charge in [-0.3, -0.25) is 19.2 Å². The number of rotatable bonds is 8. The minimum Gasteiger partial charge on any atom is -0.481 e. The van der Waals surface area contributed by atoms with Crippen molar-refractivity contribution in [2.24, 2.45) is 11.7 Å². The maximum absolute atomic E-state index is 12.7. The molecule has 0 aromatic heterocycles. The maximum atomic E-state index is 12.7. The summed E-state index contributed by atoms with van der Waals surface area (Å²) in [5.74, 6) is 9.26. The van der Waals surface area contributed by atoms with Crippen molar-refractivity contribution in [3.8, 4) is 11.5 Å². The summed E-state index contributed by atoms with van der Waals surface area (Å²) in [4.78, 5) is 50.4. The van der Waals surface area contributed by atoms with Crippen molar-refractivity contribution in [3.05, 3.63) is 96.1 Å². The van der Waals surface area contributed by atoms with Gasteiger partial charge in [0.25, 0.3) is 23.6 Å². The van der Waals surface area contributed by atoms with Crippen molar-refractivity contribution in [1.82, 2.24) is 10.0 Å².